The normalized spacial score (nSPS) is 21.6. The number of aliphatic hydroxyl groups is 1. The maximum Gasteiger partial charge on any atom is 0.318 e. The Labute approximate surface area is 153 Å². The molecule has 0 bridgehead atoms. The molecule has 0 aliphatic carbocycles. The van der Waals surface area contributed by atoms with E-state index in [-0.39, 0.29) is 18.6 Å². The summed E-state index contributed by atoms with van der Waals surface area (Å²) in [6, 6.07) is 18.8. The Bertz CT molecular complexity index is 800. The van der Waals surface area contributed by atoms with Gasteiger partial charge in [0.15, 0.2) is 0 Å². The molecule has 0 aromatic heterocycles. The highest BCUT2D eigenvalue weighted by Gasteiger charge is 2.52. The van der Waals surface area contributed by atoms with Crippen molar-refractivity contribution >= 4 is 6.03 Å². The zero-order chi connectivity index (χ0) is 18.5. The van der Waals surface area contributed by atoms with Crippen molar-refractivity contribution in [3.8, 4) is 17.2 Å². The number of carbonyl (C=O) groups excluding carboxylic acids is 1. The number of nitrogens with zero attached hydrogens (tertiary/aromatic N) is 2. The second-order valence-corrected chi connectivity index (χ2v) is 6.44. The highest BCUT2D eigenvalue weighted by Crippen LogP contribution is 2.43. The van der Waals surface area contributed by atoms with E-state index in [1.807, 2.05) is 61.5 Å². The second kappa shape index (κ2) is 8.03. The highest BCUT2D eigenvalue weighted by molar-refractivity contribution is 5.78. The number of likely N-dealkylation sites (tertiary alicyclic amines) is 1. The van der Waals surface area contributed by atoms with Crippen molar-refractivity contribution in [1.29, 1.82) is 5.26 Å². The third-order valence-corrected chi connectivity index (χ3v) is 4.90. The summed E-state index contributed by atoms with van der Waals surface area (Å²) < 4.78 is 0. The molecule has 0 saturated carbocycles. The molecule has 3 rings (SSSR count). The summed E-state index contributed by atoms with van der Waals surface area (Å²) in [6.45, 7) is 2.35. The minimum atomic E-state index is -0.589. The highest BCUT2D eigenvalue weighted by atomic mass is 16.3. The first-order valence-corrected chi connectivity index (χ1v) is 8.93. The van der Waals surface area contributed by atoms with Crippen LogP contribution in [0.2, 0.25) is 0 Å². The predicted molar refractivity (Wildman–Crippen MR) is 100 cm³/mol. The summed E-state index contributed by atoms with van der Waals surface area (Å²) in [5, 5.41) is 22.4. The van der Waals surface area contributed by atoms with E-state index in [0.29, 0.717) is 6.54 Å². The number of benzene rings is 2. The lowest BCUT2D eigenvalue weighted by molar-refractivity contribution is 0.0171. The van der Waals surface area contributed by atoms with Crippen LogP contribution in [0.5, 0.6) is 0 Å². The van der Waals surface area contributed by atoms with E-state index in [0.717, 1.165) is 23.1 Å². The van der Waals surface area contributed by atoms with Gasteiger partial charge in [0.2, 0.25) is 0 Å². The Morgan fingerprint density at radius 2 is 1.88 bits per heavy atom. The largest absolute Gasteiger partial charge is 0.394 e. The Morgan fingerprint density at radius 1 is 1.19 bits per heavy atom. The number of urea groups is 1. The third kappa shape index (κ3) is 3.16. The van der Waals surface area contributed by atoms with Crippen molar-refractivity contribution < 1.29 is 9.90 Å². The number of nitriles is 1. The van der Waals surface area contributed by atoms with Crippen LogP contribution in [0.3, 0.4) is 0 Å². The maximum atomic E-state index is 12.4. The first-order valence-electron chi connectivity index (χ1n) is 8.93. The summed E-state index contributed by atoms with van der Waals surface area (Å²) in [7, 11) is 0. The van der Waals surface area contributed by atoms with Crippen LogP contribution in [0.4, 0.5) is 4.79 Å². The van der Waals surface area contributed by atoms with Gasteiger partial charge >= 0.3 is 6.03 Å². The van der Waals surface area contributed by atoms with Gasteiger partial charge in [-0.25, -0.2) is 4.79 Å². The lowest BCUT2D eigenvalue weighted by atomic mass is 9.73. The third-order valence-electron chi connectivity index (χ3n) is 4.90. The first-order chi connectivity index (χ1) is 12.7. The van der Waals surface area contributed by atoms with Crippen LogP contribution in [0.15, 0.2) is 54.6 Å². The maximum absolute atomic E-state index is 12.4. The fraction of sp³-hybridized carbons (Fsp3) is 0.333. The molecule has 5 nitrogen and oxygen atoms in total. The lowest BCUT2D eigenvalue weighted by Gasteiger charge is -2.51. The summed E-state index contributed by atoms with van der Waals surface area (Å²) in [4.78, 5) is 13.9. The van der Waals surface area contributed by atoms with E-state index in [4.69, 9.17) is 0 Å². The summed E-state index contributed by atoms with van der Waals surface area (Å²) in [6.07, 6.45) is 0.820. The molecule has 0 radical (unpaired) electrons. The fourth-order valence-corrected chi connectivity index (χ4v) is 3.65. The lowest BCUT2D eigenvalue weighted by Crippen LogP contribution is -2.67. The molecule has 26 heavy (non-hydrogen) atoms. The van der Waals surface area contributed by atoms with E-state index < -0.39 is 12.1 Å². The minimum absolute atomic E-state index is 0.175. The van der Waals surface area contributed by atoms with E-state index in [1.54, 1.807) is 0 Å². The van der Waals surface area contributed by atoms with Gasteiger partial charge in [0.05, 0.1) is 18.7 Å². The van der Waals surface area contributed by atoms with Crippen LogP contribution in [0, 0.1) is 11.3 Å². The zero-order valence-electron chi connectivity index (χ0n) is 14.8. The standard InChI is InChI=1S/C21H23N3O2/c1-2-12-23-21(26)24-18(13-22)20(19(24)14-25)17-11-7-6-10-16(17)15-8-4-3-5-9-15/h3-11,18-20,25H,2,12,14H2,1H3,(H,23,26)/t18-,19+,20-/m1/s1. The van der Waals surface area contributed by atoms with Crippen LogP contribution in [-0.4, -0.2) is 41.3 Å². The smallest absolute Gasteiger partial charge is 0.318 e. The molecule has 2 aromatic rings. The molecule has 3 atom stereocenters. The van der Waals surface area contributed by atoms with Gasteiger partial charge < -0.3 is 15.3 Å². The quantitative estimate of drug-likeness (QED) is 0.871. The molecular formula is C21H23N3O2. The van der Waals surface area contributed by atoms with Gasteiger partial charge in [-0.15, -0.1) is 0 Å². The number of aliphatic hydroxyl groups excluding tert-OH is 1. The Morgan fingerprint density at radius 3 is 2.54 bits per heavy atom. The molecule has 1 fully saturated rings. The summed E-state index contributed by atoms with van der Waals surface area (Å²) in [5.74, 6) is -0.214. The van der Waals surface area contributed by atoms with Gasteiger partial charge in [0, 0.05) is 12.5 Å². The van der Waals surface area contributed by atoms with E-state index in [1.165, 1.54) is 4.90 Å². The second-order valence-electron chi connectivity index (χ2n) is 6.44. The van der Waals surface area contributed by atoms with Gasteiger partial charge in [-0.2, -0.15) is 5.26 Å². The van der Waals surface area contributed by atoms with E-state index >= 15 is 0 Å². The topological polar surface area (TPSA) is 76.4 Å². The molecule has 0 unspecified atom stereocenters. The Balaban J connectivity index is 1.95. The van der Waals surface area contributed by atoms with Gasteiger partial charge in [-0.3, -0.25) is 0 Å². The molecule has 1 aliphatic rings. The number of carbonyl (C=O) groups is 1. The molecule has 5 heteroatoms. The number of hydrogen-bond donors (Lipinski definition) is 2. The van der Waals surface area contributed by atoms with Crippen molar-refractivity contribution in [2.24, 2.45) is 0 Å². The van der Waals surface area contributed by atoms with Crippen LogP contribution in [0.25, 0.3) is 11.1 Å². The molecule has 134 valence electrons. The molecule has 1 aliphatic heterocycles. The molecule has 1 saturated heterocycles. The number of rotatable bonds is 5. The number of nitrogens with one attached hydrogen (secondary N) is 1. The zero-order valence-corrected chi connectivity index (χ0v) is 14.8. The first kappa shape index (κ1) is 18.0. The van der Waals surface area contributed by atoms with Gasteiger partial charge in [-0.05, 0) is 23.1 Å². The molecule has 1 heterocycles. The number of amides is 2. The van der Waals surface area contributed by atoms with Crippen molar-refractivity contribution in [2.45, 2.75) is 31.3 Å². The van der Waals surface area contributed by atoms with Gasteiger partial charge in [-0.1, -0.05) is 61.5 Å². The van der Waals surface area contributed by atoms with E-state index in [2.05, 4.69) is 11.4 Å². The average Bonchev–Trinajstić information content (AvgIpc) is 2.67. The molecule has 0 spiro atoms. The molecule has 2 N–H and O–H groups in total. The minimum Gasteiger partial charge on any atom is -0.394 e. The van der Waals surface area contributed by atoms with Crippen LogP contribution < -0.4 is 5.32 Å². The van der Waals surface area contributed by atoms with Crippen LogP contribution >= 0.6 is 0 Å². The monoisotopic (exact) mass is 349 g/mol. The van der Waals surface area contributed by atoms with Crippen molar-refractivity contribution in [3.05, 3.63) is 60.2 Å². The van der Waals surface area contributed by atoms with Crippen molar-refractivity contribution in [3.63, 3.8) is 0 Å². The van der Waals surface area contributed by atoms with Crippen molar-refractivity contribution in [1.82, 2.24) is 10.2 Å². The Hall–Kier alpha value is -2.84. The van der Waals surface area contributed by atoms with E-state index in [9.17, 15) is 15.2 Å². The fourth-order valence-electron chi connectivity index (χ4n) is 3.65. The molecule has 2 amide bonds. The summed E-state index contributed by atoms with van der Waals surface area (Å²) >= 11 is 0. The average molecular weight is 349 g/mol. The number of hydrogen-bond acceptors (Lipinski definition) is 3. The predicted octanol–water partition coefficient (Wildman–Crippen LogP) is 3.13. The van der Waals surface area contributed by atoms with Crippen LogP contribution in [-0.2, 0) is 0 Å². The van der Waals surface area contributed by atoms with Crippen molar-refractivity contribution in [2.75, 3.05) is 13.2 Å². The SMILES string of the molecule is CCCNC(=O)N1[C@H](C#N)[C@@H](c2ccccc2-c2ccccc2)[C@@H]1CO. The summed E-state index contributed by atoms with van der Waals surface area (Å²) in [5.41, 5.74) is 3.08. The molecule has 2 aromatic carbocycles. The molecular weight excluding hydrogens is 326 g/mol. The van der Waals surface area contributed by atoms with Crippen LogP contribution in [0.1, 0.15) is 24.8 Å². The van der Waals surface area contributed by atoms with Gasteiger partial charge in [0.25, 0.3) is 0 Å². The Kier molecular flexibility index (Phi) is 5.55. The van der Waals surface area contributed by atoms with Gasteiger partial charge in [0.1, 0.15) is 6.04 Å².